The highest BCUT2D eigenvalue weighted by atomic mass is 32.1. The van der Waals surface area contributed by atoms with E-state index in [1.54, 1.807) is 25.4 Å². The zero-order chi connectivity index (χ0) is 21.7. The zero-order valence-electron chi connectivity index (χ0n) is 16.1. The van der Waals surface area contributed by atoms with Gasteiger partial charge in [-0.25, -0.2) is 4.98 Å². The third-order valence-corrected chi connectivity index (χ3v) is 5.94. The largest absolute Gasteiger partial charge is 0.469 e. The Morgan fingerprint density at radius 3 is 2.67 bits per heavy atom. The van der Waals surface area contributed by atoms with Gasteiger partial charge >= 0.3 is 11.9 Å². The molecule has 0 bridgehead atoms. The SMILES string of the molecule is CCOC(=O)CC(=O)c1cc(CC(=O)OC)sc1NC(=O)c1nc2cnccc2s1. The summed E-state index contributed by atoms with van der Waals surface area (Å²) in [4.78, 5) is 57.3. The van der Waals surface area contributed by atoms with Crippen molar-refractivity contribution in [1.82, 2.24) is 9.97 Å². The van der Waals surface area contributed by atoms with Gasteiger partial charge < -0.3 is 14.8 Å². The van der Waals surface area contributed by atoms with E-state index in [1.807, 2.05) is 0 Å². The van der Waals surface area contributed by atoms with Crippen molar-refractivity contribution in [1.29, 1.82) is 0 Å². The minimum absolute atomic E-state index is 0.0659. The predicted molar refractivity (Wildman–Crippen MR) is 111 cm³/mol. The molecule has 0 atom stereocenters. The third-order valence-electron chi connectivity index (χ3n) is 3.85. The highest BCUT2D eigenvalue weighted by Crippen LogP contribution is 2.31. The molecule has 0 aliphatic carbocycles. The predicted octanol–water partition coefficient (Wildman–Crippen LogP) is 2.86. The normalized spacial score (nSPS) is 10.6. The molecule has 0 spiro atoms. The molecule has 0 unspecified atom stereocenters. The van der Waals surface area contributed by atoms with Crippen LogP contribution in [0.25, 0.3) is 10.2 Å². The first-order valence-electron chi connectivity index (χ1n) is 8.81. The summed E-state index contributed by atoms with van der Waals surface area (Å²) in [7, 11) is 1.26. The van der Waals surface area contributed by atoms with Gasteiger partial charge in [-0.05, 0) is 19.1 Å². The molecule has 1 N–H and O–H groups in total. The summed E-state index contributed by atoms with van der Waals surface area (Å²) in [6.45, 7) is 1.79. The lowest BCUT2D eigenvalue weighted by Crippen LogP contribution is -2.15. The first kappa shape index (κ1) is 21.5. The van der Waals surface area contributed by atoms with Crippen molar-refractivity contribution < 1.29 is 28.7 Å². The minimum atomic E-state index is -0.667. The van der Waals surface area contributed by atoms with Crippen LogP contribution >= 0.6 is 22.7 Å². The van der Waals surface area contributed by atoms with Crippen molar-refractivity contribution in [3.8, 4) is 0 Å². The molecule has 0 aliphatic rings. The van der Waals surface area contributed by atoms with Gasteiger partial charge in [-0.3, -0.25) is 24.2 Å². The number of carbonyl (C=O) groups is 4. The molecule has 0 saturated heterocycles. The van der Waals surface area contributed by atoms with Crippen LogP contribution in [0.2, 0.25) is 0 Å². The molecule has 156 valence electrons. The molecule has 30 heavy (non-hydrogen) atoms. The van der Waals surface area contributed by atoms with Gasteiger partial charge in [0.05, 0.1) is 36.6 Å². The fourth-order valence-corrected chi connectivity index (χ4v) is 4.40. The van der Waals surface area contributed by atoms with E-state index in [0.717, 1.165) is 16.0 Å². The summed E-state index contributed by atoms with van der Waals surface area (Å²) in [6.07, 6.45) is 2.62. The van der Waals surface area contributed by atoms with Gasteiger partial charge in [0.25, 0.3) is 5.91 Å². The van der Waals surface area contributed by atoms with Crippen molar-refractivity contribution >= 4 is 61.5 Å². The van der Waals surface area contributed by atoms with Crippen molar-refractivity contribution in [3.63, 3.8) is 0 Å². The van der Waals surface area contributed by atoms with Gasteiger partial charge in [-0.1, -0.05) is 0 Å². The molecule has 0 fully saturated rings. The third kappa shape index (κ3) is 5.05. The molecule has 9 nitrogen and oxygen atoms in total. The van der Waals surface area contributed by atoms with Crippen LogP contribution in [0.1, 0.15) is 38.4 Å². The number of pyridine rings is 1. The number of carbonyl (C=O) groups excluding carboxylic acids is 4. The van der Waals surface area contributed by atoms with Crippen molar-refractivity contribution in [2.75, 3.05) is 19.0 Å². The number of hydrogen-bond donors (Lipinski definition) is 1. The summed E-state index contributed by atoms with van der Waals surface area (Å²) in [5.74, 6) is -2.19. The van der Waals surface area contributed by atoms with Gasteiger partial charge in [0.1, 0.15) is 16.9 Å². The van der Waals surface area contributed by atoms with E-state index in [9.17, 15) is 19.2 Å². The Morgan fingerprint density at radius 2 is 1.97 bits per heavy atom. The second-order valence-corrected chi connectivity index (χ2v) is 8.10. The Morgan fingerprint density at radius 1 is 1.17 bits per heavy atom. The Balaban J connectivity index is 1.86. The number of aromatic nitrogens is 2. The fraction of sp³-hybridized carbons (Fsp3) is 0.263. The number of rotatable bonds is 8. The van der Waals surface area contributed by atoms with Crippen LogP contribution in [-0.2, 0) is 25.5 Å². The molecular formula is C19H17N3O6S2. The van der Waals surface area contributed by atoms with Crippen molar-refractivity contribution in [3.05, 3.63) is 40.0 Å². The number of ether oxygens (including phenoxy) is 2. The van der Waals surface area contributed by atoms with Crippen LogP contribution in [0.5, 0.6) is 0 Å². The molecule has 0 radical (unpaired) electrons. The lowest BCUT2D eigenvalue weighted by molar-refractivity contribution is -0.142. The second kappa shape index (κ2) is 9.55. The summed E-state index contributed by atoms with van der Waals surface area (Å²) >= 11 is 2.25. The smallest absolute Gasteiger partial charge is 0.313 e. The topological polar surface area (TPSA) is 125 Å². The number of esters is 2. The van der Waals surface area contributed by atoms with E-state index < -0.39 is 30.0 Å². The average molecular weight is 447 g/mol. The number of methoxy groups -OCH3 is 1. The molecule has 3 rings (SSSR count). The molecule has 3 aromatic rings. The van der Waals surface area contributed by atoms with Gasteiger partial charge in [0, 0.05) is 11.1 Å². The molecule has 3 aromatic heterocycles. The van der Waals surface area contributed by atoms with Crippen molar-refractivity contribution in [2.45, 2.75) is 19.8 Å². The maximum atomic E-state index is 12.7. The monoisotopic (exact) mass is 447 g/mol. The number of thiophene rings is 1. The number of fused-ring (bicyclic) bond motifs is 1. The van der Waals surface area contributed by atoms with E-state index in [2.05, 4.69) is 20.0 Å². The summed E-state index contributed by atoms with van der Waals surface area (Å²) < 4.78 is 10.3. The van der Waals surface area contributed by atoms with Crippen LogP contribution in [0.15, 0.2) is 24.5 Å². The van der Waals surface area contributed by atoms with E-state index in [4.69, 9.17) is 4.74 Å². The van der Waals surface area contributed by atoms with Gasteiger partial charge in [0.2, 0.25) is 0 Å². The standard InChI is InChI=1S/C19H17N3O6S2/c1-3-28-16(25)8-13(23)11-6-10(7-15(24)27-2)29-18(11)22-17(26)19-21-12-9-20-5-4-14(12)30-19/h4-6,9H,3,7-8H2,1-2H3,(H,22,26). The Labute approximate surface area is 179 Å². The summed E-state index contributed by atoms with van der Waals surface area (Å²) in [6, 6.07) is 3.22. The molecule has 3 heterocycles. The zero-order valence-corrected chi connectivity index (χ0v) is 17.7. The Hall–Kier alpha value is -3.18. The molecular weight excluding hydrogens is 430 g/mol. The fourth-order valence-electron chi connectivity index (χ4n) is 2.52. The number of nitrogens with zero attached hydrogens (tertiary/aromatic N) is 2. The lowest BCUT2D eigenvalue weighted by atomic mass is 10.1. The molecule has 11 heteroatoms. The first-order chi connectivity index (χ1) is 14.4. The number of hydrogen-bond acceptors (Lipinski definition) is 10. The van der Waals surface area contributed by atoms with E-state index >= 15 is 0 Å². The highest BCUT2D eigenvalue weighted by molar-refractivity contribution is 7.20. The van der Waals surface area contributed by atoms with Gasteiger partial charge in [-0.2, -0.15) is 0 Å². The second-order valence-electron chi connectivity index (χ2n) is 5.93. The lowest BCUT2D eigenvalue weighted by Gasteiger charge is -2.04. The quantitative estimate of drug-likeness (QED) is 0.317. The van der Waals surface area contributed by atoms with Crippen LogP contribution < -0.4 is 5.32 Å². The van der Waals surface area contributed by atoms with E-state index in [1.165, 1.54) is 24.5 Å². The van der Waals surface area contributed by atoms with Gasteiger partial charge in [-0.15, -0.1) is 22.7 Å². The molecule has 0 aliphatic heterocycles. The molecule has 0 saturated carbocycles. The van der Waals surface area contributed by atoms with E-state index in [0.29, 0.717) is 10.4 Å². The number of thiazole rings is 1. The minimum Gasteiger partial charge on any atom is -0.469 e. The number of ketones is 1. The summed E-state index contributed by atoms with van der Waals surface area (Å²) in [5, 5.41) is 3.09. The Kier molecular flexibility index (Phi) is 6.85. The van der Waals surface area contributed by atoms with Gasteiger partial charge in [0.15, 0.2) is 10.8 Å². The number of Topliss-reactive ketones (excluding diaryl/α,β-unsaturated/α-hetero) is 1. The van der Waals surface area contributed by atoms with Crippen LogP contribution in [-0.4, -0.2) is 47.3 Å². The number of anilines is 1. The first-order valence-corrected chi connectivity index (χ1v) is 10.4. The number of amides is 1. The molecule has 0 aromatic carbocycles. The maximum absolute atomic E-state index is 12.7. The Bertz CT molecular complexity index is 1090. The summed E-state index contributed by atoms with van der Waals surface area (Å²) in [5.41, 5.74) is 0.715. The van der Waals surface area contributed by atoms with E-state index in [-0.39, 0.29) is 28.6 Å². The van der Waals surface area contributed by atoms with Crippen molar-refractivity contribution in [2.24, 2.45) is 0 Å². The molecule has 1 amide bonds. The van der Waals surface area contributed by atoms with Crippen LogP contribution in [0.3, 0.4) is 0 Å². The maximum Gasteiger partial charge on any atom is 0.313 e. The highest BCUT2D eigenvalue weighted by Gasteiger charge is 2.23. The van der Waals surface area contributed by atoms with Crippen LogP contribution in [0.4, 0.5) is 5.00 Å². The van der Waals surface area contributed by atoms with Crippen LogP contribution in [0, 0.1) is 0 Å². The number of nitrogens with one attached hydrogen (secondary N) is 1. The average Bonchev–Trinajstić information content (AvgIpc) is 3.32.